The van der Waals surface area contributed by atoms with E-state index >= 15 is 0 Å². The van der Waals surface area contributed by atoms with Gasteiger partial charge < -0.3 is 25.5 Å². The lowest BCUT2D eigenvalue weighted by atomic mass is 9.77. The zero-order valence-corrected chi connectivity index (χ0v) is 18.3. The van der Waals surface area contributed by atoms with E-state index in [4.69, 9.17) is 15.2 Å². The number of hydrogen-bond acceptors (Lipinski definition) is 5. The number of hydrogen-bond donors (Lipinski definition) is 3. The van der Waals surface area contributed by atoms with Gasteiger partial charge in [-0.25, -0.2) is 9.37 Å². The van der Waals surface area contributed by atoms with Crippen LogP contribution in [0.3, 0.4) is 0 Å². The number of aromatic nitrogens is 2. The van der Waals surface area contributed by atoms with E-state index in [0.29, 0.717) is 11.0 Å². The molecule has 1 saturated heterocycles. The van der Waals surface area contributed by atoms with Crippen molar-refractivity contribution in [3.8, 4) is 5.75 Å². The van der Waals surface area contributed by atoms with Gasteiger partial charge in [-0.15, -0.1) is 0 Å². The summed E-state index contributed by atoms with van der Waals surface area (Å²) in [6.07, 6.45) is -6.54. The zero-order chi connectivity index (χ0) is 25.0. The van der Waals surface area contributed by atoms with E-state index in [-0.39, 0.29) is 17.2 Å². The first-order valence-electron chi connectivity index (χ1n) is 10.2. The molecule has 1 aliphatic heterocycles. The molecule has 4 rings (SSSR count). The van der Waals surface area contributed by atoms with E-state index in [1.54, 1.807) is 6.07 Å². The fraction of sp³-hybridized carbons (Fsp3) is 0.364. The number of halogens is 5. The normalized spacial score (nSPS) is 25.0. The Hall–Kier alpha value is -3.41. The van der Waals surface area contributed by atoms with Crippen LogP contribution in [0.4, 0.5) is 33.6 Å². The molecule has 1 aliphatic rings. The lowest BCUT2D eigenvalue weighted by Gasteiger charge is -2.32. The number of nitrogens with zero attached hydrogens (tertiary/aromatic N) is 1. The molecule has 0 spiro atoms. The second kappa shape index (κ2) is 8.12. The van der Waals surface area contributed by atoms with Gasteiger partial charge in [-0.2, -0.15) is 17.6 Å². The first-order chi connectivity index (χ1) is 15.9. The number of anilines is 2. The quantitative estimate of drug-likeness (QED) is 0.473. The summed E-state index contributed by atoms with van der Waals surface area (Å²) in [5, 5.41) is 2.53. The van der Waals surface area contributed by atoms with Crippen LogP contribution in [0.2, 0.25) is 0 Å². The number of nitrogen functional groups attached to an aromatic ring is 1. The Labute approximate surface area is 190 Å². The minimum absolute atomic E-state index is 0.112. The Kier molecular flexibility index (Phi) is 5.67. The number of carbonyl (C=O) groups is 1. The maximum absolute atomic E-state index is 14.4. The molecular formula is C22H21F5N4O3. The minimum Gasteiger partial charge on any atom is -0.493 e. The standard InChI is InChI=1S/C22H21F5N4O3/c1-9-15(11-5-6-12(23)16(24)17(11)33-3)18(34-21(9,2)22(25,26)27)19(32)29-10-4-7-13-14(8-10)31-20(28)30-13/h4-9,15,18H,1-3H3,(H,29,32)(H3,28,30,31)/t9-,15-,18+,21+/m0/s1. The van der Waals surface area contributed by atoms with E-state index in [1.807, 2.05) is 0 Å². The molecule has 0 aliphatic carbocycles. The number of methoxy groups -OCH3 is 1. The molecule has 4 N–H and O–H groups in total. The van der Waals surface area contributed by atoms with E-state index in [1.165, 1.54) is 19.1 Å². The molecule has 7 nitrogen and oxygen atoms in total. The van der Waals surface area contributed by atoms with E-state index in [0.717, 1.165) is 26.2 Å². The first kappa shape index (κ1) is 23.7. The average molecular weight is 484 g/mol. The highest BCUT2D eigenvalue weighted by Crippen LogP contribution is 2.55. The van der Waals surface area contributed by atoms with Crippen LogP contribution in [-0.4, -0.2) is 40.9 Å². The lowest BCUT2D eigenvalue weighted by Crippen LogP contribution is -2.47. The van der Waals surface area contributed by atoms with Crippen molar-refractivity contribution in [3.05, 3.63) is 47.5 Å². The van der Waals surface area contributed by atoms with Crippen LogP contribution < -0.4 is 15.8 Å². The van der Waals surface area contributed by atoms with Crippen molar-refractivity contribution in [1.29, 1.82) is 0 Å². The van der Waals surface area contributed by atoms with Crippen LogP contribution in [0.15, 0.2) is 30.3 Å². The molecule has 4 atom stereocenters. The number of nitrogens with one attached hydrogen (secondary N) is 2. The summed E-state index contributed by atoms with van der Waals surface area (Å²) < 4.78 is 80.5. The van der Waals surface area contributed by atoms with Gasteiger partial charge in [0.25, 0.3) is 5.91 Å². The van der Waals surface area contributed by atoms with Crippen molar-refractivity contribution in [2.24, 2.45) is 5.92 Å². The summed E-state index contributed by atoms with van der Waals surface area (Å²) in [6, 6.07) is 6.43. The molecule has 0 bridgehead atoms. The smallest absolute Gasteiger partial charge is 0.417 e. The molecule has 0 unspecified atom stereocenters. The number of rotatable bonds is 4. The summed E-state index contributed by atoms with van der Waals surface area (Å²) in [5.41, 5.74) is 4.02. The SMILES string of the molecule is COc1c([C@H]2[C@H](C(=O)Nc3ccc4nc(N)[nH]c4c3)O[C@@](C)(C(F)(F)F)[C@H]2C)ccc(F)c1F. The van der Waals surface area contributed by atoms with Gasteiger partial charge in [0.05, 0.1) is 18.1 Å². The fourth-order valence-electron chi connectivity index (χ4n) is 4.36. The summed E-state index contributed by atoms with van der Waals surface area (Å²) in [6.45, 7) is 2.06. The molecule has 1 fully saturated rings. The molecule has 1 aromatic heterocycles. The van der Waals surface area contributed by atoms with Crippen molar-refractivity contribution in [3.63, 3.8) is 0 Å². The molecular weight excluding hydrogens is 463 g/mol. The molecule has 0 radical (unpaired) electrons. The molecule has 0 saturated carbocycles. The van der Waals surface area contributed by atoms with E-state index in [9.17, 15) is 26.7 Å². The fourth-order valence-corrected chi connectivity index (χ4v) is 4.36. The van der Waals surface area contributed by atoms with Crippen LogP contribution in [-0.2, 0) is 9.53 Å². The predicted molar refractivity (Wildman–Crippen MR) is 113 cm³/mol. The third kappa shape index (κ3) is 3.71. The summed E-state index contributed by atoms with van der Waals surface area (Å²) >= 11 is 0. The summed E-state index contributed by atoms with van der Waals surface area (Å²) in [4.78, 5) is 20.0. The van der Waals surface area contributed by atoms with Crippen LogP contribution >= 0.6 is 0 Å². The Balaban J connectivity index is 1.76. The van der Waals surface area contributed by atoms with Crippen molar-refractivity contribution in [2.45, 2.75) is 37.6 Å². The lowest BCUT2D eigenvalue weighted by molar-refractivity contribution is -0.272. The number of ether oxygens (including phenoxy) is 2. The monoisotopic (exact) mass is 484 g/mol. The molecule has 12 heteroatoms. The third-order valence-electron chi connectivity index (χ3n) is 6.34. The van der Waals surface area contributed by atoms with Gasteiger partial charge in [0, 0.05) is 23.1 Å². The van der Waals surface area contributed by atoms with Crippen molar-refractivity contribution >= 4 is 28.6 Å². The van der Waals surface area contributed by atoms with Gasteiger partial charge in [-0.1, -0.05) is 13.0 Å². The number of imidazole rings is 1. The van der Waals surface area contributed by atoms with Gasteiger partial charge in [0.15, 0.2) is 23.1 Å². The molecule has 2 heterocycles. The Bertz CT molecular complexity index is 1260. The number of benzene rings is 2. The van der Waals surface area contributed by atoms with Crippen molar-refractivity contribution in [1.82, 2.24) is 9.97 Å². The maximum Gasteiger partial charge on any atom is 0.417 e. The Morgan fingerprint density at radius 2 is 1.97 bits per heavy atom. The van der Waals surface area contributed by atoms with Gasteiger partial charge in [-0.05, 0) is 31.2 Å². The van der Waals surface area contributed by atoms with Crippen molar-refractivity contribution in [2.75, 3.05) is 18.2 Å². The maximum atomic E-state index is 14.4. The third-order valence-corrected chi connectivity index (χ3v) is 6.34. The highest BCUT2D eigenvalue weighted by Gasteiger charge is 2.65. The average Bonchev–Trinajstić information content (AvgIpc) is 3.26. The number of nitrogens with two attached hydrogens (primary N) is 1. The molecule has 3 aromatic rings. The summed E-state index contributed by atoms with van der Waals surface area (Å²) in [5.74, 6) is -6.59. The second-order valence-electron chi connectivity index (χ2n) is 8.28. The highest BCUT2D eigenvalue weighted by molar-refractivity contribution is 5.97. The summed E-state index contributed by atoms with van der Waals surface area (Å²) in [7, 11) is 1.06. The van der Waals surface area contributed by atoms with Gasteiger partial charge in [0.1, 0.15) is 6.10 Å². The van der Waals surface area contributed by atoms with Crippen LogP contribution in [0.5, 0.6) is 5.75 Å². The molecule has 1 amide bonds. The predicted octanol–water partition coefficient (Wildman–Crippen LogP) is 4.51. The van der Waals surface area contributed by atoms with Crippen molar-refractivity contribution < 1.29 is 36.2 Å². The first-order valence-corrected chi connectivity index (χ1v) is 10.2. The number of amides is 1. The van der Waals surface area contributed by atoms with Crippen LogP contribution in [0, 0.1) is 17.6 Å². The topological polar surface area (TPSA) is 102 Å². The number of carbonyl (C=O) groups excluding carboxylic acids is 1. The Morgan fingerprint density at radius 3 is 2.62 bits per heavy atom. The zero-order valence-electron chi connectivity index (χ0n) is 18.3. The molecule has 182 valence electrons. The number of alkyl halides is 3. The van der Waals surface area contributed by atoms with Gasteiger partial charge >= 0.3 is 6.18 Å². The van der Waals surface area contributed by atoms with Crippen LogP contribution in [0.1, 0.15) is 25.3 Å². The second-order valence-corrected chi connectivity index (χ2v) is 8.28. The van der Waals surface area contributed by atoms with Gasteiger partial charge in [-0.3, -0.25) is 4.79 Å². The number of fused-ring (bicyclic) bond motifs is 1. The largest absolute Gasteiger partial charge is 0.493 e. The van der Waals surface area contributed by atoms with E-state index < -0.39 is 53.0 Å². The van der Waals surface area contributed by atoms with E-state index in [2.05, 4.69) is 15.3 Å². The Morgan fingerprint density at radius 1 is 1.26 bits per heavy atom. The number of H-pyrrole nitrogens is 1. The van der Waals surface area contributed by atoms with Gasteiger partial charge in [0.2, 0.25) is 5.82 Å². The van der Waals surface area contributed by atoms with Crippen LogP contribution in [0.25, 0.3) is 11.0 Å². The number of aromatic amines is 1. The molecule has 2 aromatic carbocycles. The molecule has 34 heavy (non-hydrogen) atoms. The highest BCUT2D eigenvalue weighted by atomic mass is 19.4. The minimum atomic E-state index is -4.85.